The van der Waals surface area contributed by atoms with Gasteiger partial charge < -0.3 is 14.9 Å². The summed E-state index contributed by atoms with van der Waals surface area (Å²) in [5.74, 6) is 0. The summed E-state index contributed by atoms with van der Waals surface area (Å²) in [7, 11) is 0. The smallest absolute Gasteiger partial charge is 0.0753 e. The summed E-state index contributed by atoms with van der Waals surface area (Å²) >= 11 is 0. The fourth-order valence-corrected chi connectivity index (χ4v) is 1.94. The molecule has 0 unspecified atom stereocenters. The summed E-state index contributed by atoms with van der Waals surface area (Å²) in [6.07, 6.45) is 0. The van der Waals surface area contributed by atoms with Crippen molar-refractivity contribution in [3.63, 3.8) is 0 Å². The van der Waals surface area contributed by atoms with Crippen molar-refractivity contribution < 1.29 is 14.9 Å². The van der Waals surface area contributed by atoms with E-state index in [1.165, 1.54) is 0 Å². The highest BCUT2D eigenvalue weighted by molar-refractivity contribution is 4.84. The van der Waals surface area contributed by atoms with Crippen LogP contribution in [-0.4, -0.2) is 60.2 Å². The third-order valence-corrected chi connectivity index (χ3v) is 2.87. The van der Waals surface area contributed by atoms with E-state index in [1.807, 2.05) is 6.92 Å². The number of rotatable bonds is 4. The van der Waals surface area contributed by atoms with E-state index in [1.54, 1.807) is 0 Å². The number of aliphatic hydroxyl groups is 2. The summed E-state index contributed by atoms with van der Waals surface area (Å²) in [4.78, 5) is 2.25. The van der Waals surface area contributed by atoms with Crippen molar-refractivity contribution in [2.45, 2.75) is 26.4 Å². The predicted molar refractivity (Wildman–Crippen MR) is 58.7 cm³/mol. The minimum Gasteiger partial charge on any atom is -0.396 e. The zero-order valence-electron chi connectivity index (χ0n) is 9.99. The minimum absolute atomic E-state index is 0.0152. The van der Waals surface area contributed by atoms with Crippen molar-refractivity contribution in [3.8, 4) is 0 Å². The minimum atomic E-state index is -0.409. The number of morpholine rings is 1. The molecule has 15 heavy (non-hydrogen) atoms. The molecule has 4 nitrogen and oxygen atoms in total. The lowest BCUT2D eigenvalue weighted by Crippen LogP contribution is -2.52. The molecule has 2 N–H and O–H groups in total. The first-order chi connectivity index (χ1) is 6.91. The van der Waals surface area contributed by atoms with Crippen molar-refractivity contribution >= 4 is 0 Å². The lowest BCUT2D eigenvalue weighted by atomic mass is 9.91. The van der Waals surface area contributed by atoms with E-state index in [9.17, 15) is 10.2 Å². The van der Waals surface area contributed by atoms with E-state index in [2.05, 4.69) is 18.7 Å². The zero-order chi connectivity index (χ0) is 11.5. The van der Waals surface area contributed by atoms with Crippen LogP contribution in [0.2, 0.25) is 0 Å². The number of nitrogens with zero attached hydrogens (tertiary/aromatic N) is 1. The molecule has 90 valence electrons. The zero-order valence-corrected chi connectivity index (χ0v) is 9.99. The van der Waals surface area contributed by atoms with Gasteiger partial charge in [0.2, 0.25) is 0 Å². The molecule has 0 aromatic heterocycles. The molecule has 0 bridgehead atoms. The molecule has 1 aliphatic rings. The monoisotopic (exact) mass is 217 g/mol. The van der Waals surface area contributed by atoms with Crippen molar-refractivity contribution in [1.29, 1.82) is 0 Å². The topological polar surface area (TPSA) is 52.9 Å². The van der Waals surface area contributed by atoms with Crippen LogP contribution < -0.4 is 0 Å². The van der Waals surface area contributed by atoms with Gasteiger partial charge in [-0.05, 0) is 13.8 Å². The lowest BCUT2D eigenvalue weighted by molar-refractivity contribution is -0.0996. The van der Waals surface area contributed by atoms with Gasteiger partial charge >= 0.3 is 0 Å². The molecule has 0 aromatic rings. The van der Waals surface area contributed by atoms with Crippen molar-refractivity contribution in [2.75, 3.05) is 39.5 Å². The molecule has 1 aliphatic heterocycles. The van der Waals surface area contributed by atoms with Gasteiger partial charge in [0.15, 0.2) is 0 Å². The van der Waals surface area contributed by atoms with Crippen LogP contribution in [-0.2, 0) is 4.74 Å². The molecular formula is C11H23NO3. The Kier molecular flexibility index (Phi) is 4.12. The standard InChI is InChI=1S/C11H23NO3/c1-10(2)6-12(4-5-15-10)7-11(3,8-13)9-14/h13-14H,4-9H2,1-3H3. The third kappa shape index (κ3) is 3.72. The maximum Gasteiger partial charge on any atom is 0.0753 e. The quantitative estimate of drug-likeness (QED) is 0.700. The van der Waals surface area contributed by atoms with Crippen LogP contribution in [0.15, 0.2) is 0 Å². The lowest BCUT2D eigenvalue weighted by Gasteiger charge is -2.41. The van der Waals surface area contributed by atoms with Crippen LogP contribution >= 0.6 is 0 Å². The second-order valence-electron chi connectivity index (χ2n) is 5.45. The van der Waals surface area contributed by atoms with Crippen LogP contribution in [0.3, 0.4) is 0 Å². The third-order valence-electron chi connectivity index (χ3n) is 2.87. The summed E-state index contributed by atoms with van der Waals surface area (Å²) in [6, 6.07) is 0. The summed E-state index contributed by atoms with van der Waals surface area (Å²) in [5, 5.41) is 18.5. The predicted octanol–water partition coefficient (Wildman–Crippen LogP) is 0.0881. The van der Waals surface area contributed by atoms with Crippen LogP contribution in [0, 0.1) is 5.41 Å². The number of hydrogen-bond donors (Lipinski definition) is 2. The highest BCUT2D eigenvalue weighted by Crippen LogP contribution is 2.22. The van der Waals surface area contributed by atoms with Crippen LogP contribution in [0.25, 0.3) is 0 Å². The van der Waals surface area contributed by atoms with Gasteiger partial charge in [-0.3, -0.25) is 4.90 Å². The van der Waals surface area contributed by atoms with Gasteiger partial charge in [0.05, 0.1) is 25.4 Å². The SMILES string of the molecule is CC(CO)(CO)CN1CCOC(C)(C)C1. The van der Waals surface area contributed by atoms with E-state index >= 15 is 0 Å². The molecule has 0 radical (unpaired) electrons. The van der Waals surface area contributed by atoms with Crippen molar-refractivity contribution in [1.82, 2.24) is 4.90 Å². The van der Waals surface area contributed by atoms with E-state index in [0.717, 1.165) is 19.7 Å². The van der Waals surface area contributed by atoms with E-state index in [-0.39, 0.29) is 18.8 Å². The largest absolute Gasteiger partial charge is 0.396 e. The Bertz CT molecular complexity index is 202. The second-order valence-corrected chi connectivity index (χ2v) is 5.45. The van der Waals surface area contributed by atoms with Gasteiger partial charge in [-0.15, -0.1) is 0 Å². The Hall–Kier alpha value is -0.160. The number of aliphatic hydroxyl groups excluding tert-OH is 2. The van der Waals surface area contributed by atoms with E-state index in [0.29, 0.717) is 6.54 Å². The van der Waals surface area contributed by atoms with Crippen LogP contribution in [0.1, 0.15) is 20.8 Å². The second kappa shape index (κ2) is 4.78. The van der Waals surface area contributed by atoms with E-state index in [4.69, 9.17) is 4.74 Å². The fraction of sp³-hybridized carbons (Fsp3) is 1.00. The van der Waals surface area contributed by atoms with Gasteiger partial charge in [0.1, 0.15) is 0 Å². The first kappa shape index (κ1) is 12.9. The van der Waals surface area contributed by atoms with Gasteiger partial charge in [0, 0.05) is 25.0 Å². The van der Waals surface area contributed by atoms with E-state index < -0.39 is 5.41 Å². The molecule has 0 amide bonds. The summed E-state index contributed by atoms with van der Waals surface area (Å²) in [6.45, 7) is 9.22. The maximum atomic E-state index is 9.23. The Morgan fingerprint density at radius 1 is 1.33 bits per heavy atom. The Morgan fingerprint density at radius 3 is 2.40 bits per heavy atom. The maximum absolute atomic E-state index is 9.23. The Morgan fingerprint density at radius 2 is 1.93 bits per heavy atom. The fourth-order valence-electron chi connectivity index (χ4n) is 1.94. The van der Waals surface area contributed by atoms with Gasteiger partial charge in [-0.1, -0.05) is 6.92 Å². The molecule has 1 fully saturated rings. The molecule has 0 spiro atoms. The highest BCUT2D eigenvalue weighted by atomic mass is 16.5. The first-order valence-electron chi connectivity index (χ1n) is 5.49. The Labute approximate surface area is 91.8 Å². The van der Waals surface area contributed by atoms with Gasteiger partial charge in [-0.25, -0.2) is 0 Å². The van der Waals surface area contributed by atoms with Gasteiger partial charge in [0.25, 0.3) is 0 Å². The van der Waals surface area contributed by atoms with Crippen molar-refractivity contribution in [3.05, 3.63) is 0 Å². The molecule has 0 saturated carbocycles. The summed E-state index contributed by atoms with van der Waals surface area (Å²) in [5.41, 5.74) is -0.530. The average Bonchev–Trinajstić information content (AvgIpc) is 2.16. The molecular weight excluding hydrogens is 194 g/mol. The van der Waals surface area contributed by atoms with Gasteiger partial charge in [-0.2, -0.15) is 0 Å². The molecule has 0 aromatic carbocycles. The molecule has 1 rings (SSSR count). The average molecular weight is 217 g/mol. The molecule has 1 heterocycles. The highest BCUT2D eigenvalue weighted by Gasteiger charge is 2.32. The molecule has 0 atom stereocenters. The molecule has 1 saturated heterocycles. The number of ether oxygens (including phenoxy) is 1. The normalized spacial score (nSPS) is 23.0. The Balaban J connectivity index is 2.51. The summed E-state index contributed by atoms with van der Waals surface area (Å²) < 4.78 is 5.61. The van der Waals surface area contributed by atoms with Crippen LogP contribution in [0.4, 0.5) is 0 Å². The number of hydrogen-bond acceptors (Lipinski definition) is 4. The van der Waals surface area contributed by atoms with Crippen molar-refractivity contribution in [2.24, 2.45) is 5.41 Å². The molecule has 0 aliphatic carbocycles. The first-order valence-corrected chi connectivity index (χ1v) is 5.49. The van der Waals surface area contributed by atoms with Crippen LogP contribution in [0.5, 0.6) is 0 Å². The molecule has 4 heteroatoms.